The highest BCUT2D eigenvalue weighted by atomic mass is 35.5. The van der Waals surface area contributed by atoms with Gasteiger partial charge in [0.2, 0.25) is 0 Å². The number of fused-ring (bicyclic) bond motifs is 8. The molecule has 0 amide bonds. The molecule has 188 valence electrons. The Morgan fingerprint density at radius 1 is 0.436 bits per heavy atom. The minimum absolute atomic E-state index is 0.721. The lowest BCUT2D eigenvalue weighted by Crippen LogP contribution is -1.95. The molecule has 0 spiro atoms. The van der Waals surface area contributed by atoms with Crippen LogP contribution in [0.5, 0.6) is 11.5 Å². The highest BCUT2D eigenvalue weighted by molar-refractivity contribution is 6.38. The highest BCUT2D eigenvalue weighted by Crippen LogP contribution is 2.50. The van der Waals surface area contributed by atoms with Crippen molar-refractivity contribution in [2.45, 2.75) is 0 Å². The topological polar surface area (TPSA) is 18.5 Å². The van der Waals surface area contributed by atoms with Gasteiger partial charge in [-0.3, -0.25) is 0 Å². The van der Waals surface area contributed by atoms with Crippen molar-refractivity contribution in [3.63, 3.8) is 0 Å². The molecule has 0 radical (unpaired) electrons. The molecule has 7 aromatic rings. The van der Waals surface area contributed by atoms with Gasteiger partial charge in [0.1, 0.15) is 11.5 Å². The SMILES string of the molecule is COc1ccc(-c2c(-c3ccc(OC)cc3)c3c4ccccc4c4ccccc4c3c3cc(Cl)ccc23)cc1. The summed E-state index contributed by atoms with van der Waals surface area (Å²) in [6.07, 6.45) is 0. The highest BCUT2D eigenvalue weighted by Gasteiger charge is 2.22. The zero-order valence-electron chi connectivity index (χ0n) is 21.7. The molecule has 0 saturated heterocycles. The van der Waals surface area contributed by atoms with E-state index in [-0.39, 0.29) is 0 Å². The largest absolute Gasteiger partial charge is 0.497 e. The smallest absolute Gasteiger partial charge is 0.118 e. The van der Waals surface area contributed by atoms with Crippen molar-refractivity contribution in [3.8, 4) is 33.8 Å². The third-order valence-corrected chi connectivity index (χ3v) is 7.95. The maximum Gasteiger partial charge on any atom is 0.118 e. The molecule has 7 rings (SSSR count). The Balaban J connectivity index is 1.80. The zero-order valence-corrected chi connectivity index (χ0v) is 22.4. The predicted molar refractivity (Wildman–Crippen MR) is 165 cm³/mol. The molecule has 39 heavy (non-hydrogen) atoms. The Morgan fingerprint density at radius 3 is 1.46 bits per heavy atom. The van der Waals surface area contributed by atoms with Gasteiger partial charge in [0, 0.05) is 5.02 Å². The van der Waals surface area contributed by atoms with E-state index in [1.807, 2.05) is 30.3 Å². The Morgan fingerprint density at radius 2 is 0.923 bits per heavy atom. The summed E-state index contributed by atoms with van der Waals surface area (Å²) in [5.74, 6) is 1.66. The third kappa shape index (κ3) is 3.71. The number of hydrogen-bond donors (Lipinski definition) is 0. The summed E-state index contributed by atoms with van der Waals surface area (Å²) in [7, 11) is 3.40. The molecule has 0 fully saturated rings. The lowest BCUT2D eigenvalue weighted by atomic mass is 9.81. The first-order chi connectivity index (χ1) is 19.2. The van der Waals surface area contributed by atoms with Crippen LogP contribution in [0.3, 0.4) is 0 Å². The Bertz CT molecular complexity index is 2020. The van der Waals surface area contributed by atoms with Gasteiger partial charge in [-0.2, -0.15) is 0 Å². The van der Waals surface area contributed by atoms with E-state index in [0.29, 0.717) is 0 Å². The fraction of sp³-hybridized carbons (Fsp3) is 0.0556. The van der Waals surface area contributed by atoms with Crippen LogP contribution < -0.4 is 9.47 Å². The van der Waals surface area contributed by atoms with Gasteiger partial charge in [0.25, 0.3) is 0 Å². The Kier molecular flexibility index (Phi) is 5.65. The summed E-state index contributed by atoms with van der Waals surface area (Å²) in [4.78, 5) is 0. The second kappa shape index (κ2) is 9.34. The van der Waals surface area contributed by atoms with Gasteiger partial charge < -0.3 is 9.47 Å². The van der Waals surface area contributed by atoms with Crippen molar-refractivity contribution in [3.05, 3.63) is 120 Å². The maximum atomic E-state index is 6.69. The Labute approximate surface area is 232 Å². The molecule has 2 nitrogen and oxygen atoms in total. The first kappa shape index (κ1) is 23.6. The molecule has 0 aliphatic heterocycles. The monoisotopic (exact) mass is 524 g/mol. The zero-order chi connectivity index (χ0) is 26.5. The van der Waals surface area contributed by atoms with E-state index in [1.54, 1.807) is 14.2 Å². The maximum absolute atomic E-state index is 6.69. The van der Waals surface area contributed by atoms with Crippen LogP contribution in [-0.2, 0) is 0 Å². The average Bonchev–Trinajstić information content (AvgIpc) is 3.00. The number of hydrogen-bond acceptors (Lipinski definition) is 2. The molecule has 0 heterocycles. The van der Waals surface area contributed by atoms with Crippen molar-refractivity contribution in [1.82, 2.24) is 0 Å². The van der Waals surface area contributed by atoms with Crippen LogP contribution in [0.2, 0.25) is 5.02 Å². The van der Waals surface area contributed by atoms with Crippen molar-refractivity contribution in [1.29, 1.82) is 0 Å². The summed E-state index contributed by atoms with van der Waals surface area (Å²) in [6, 6.07) is 40.4. The lowest BCUT2D eigenvalue weighted by Gasteiger charge is -2.22. The molecule has 0 unspecified atom stereocenters. The normalized spacial score (nSPS) is 11.5. The predicted octanol–water partition coefficient (Wildman–Crippen LogP) is 10.3. The Hall–Kier alpha value is -4.53. The molecule has 0 aliphatic rings. The summed E-state index contributed by atoms with van der Waals surface area (Å²) in [5.41, 5.74) is 4.61. The minimum Gasteiger partial charge on any atom is -0.497 e. The van der Waals surface area contributed by atoms with Gasteiger partial charge in [-0.05, 0) is 102 Å². The van der Waals surface area contributed by atoms with Crippen LogP contribution in [0.25, 0.3) is 65.3 Å². The average molecular weight is 525 g/mol. The van der Waals surface area contributed by atoms with Gasteiger partial charge in [-0.15, -0.1) is 0 Å². The van der Waals surface area contributed by atoms with Crippen molar-refractivity contribution in [2.75, 3.05) is 14.2 Å². The standard InChI is InChI=1S/C36H25ClO2/c1-38-25-16-11-22(12-17-25)33-31-20-15-24(37)21-32(31)35-29-9-5-3-7-27(29)28-8-4-6-10-30(28)36(35)34(33)23-13-18-26(39-2)19-14-23/h3-21H,1-2H3. The molecule has 7 aromatic carbocycles. The molecule has 0 atom stereocenters. The van der Waals surface area contributed by atoms with Gasteiger partial charge in [0.15, 0.2) is 0 Å². The van der Waals surface area contributed by atoms with E-state index in [1.165, 1.54) is 43.4 Å². The number of ether oxygens (including phenoxy) is 2. The van der Waals surface area contributed by atoms with Crippen LogP contribution in [0.1, 0.15) is 0 Å². The molecular formula is C36H25ClO2. The summed E-state index contributed by atoms with van der Waals surface area (Å²) >= 11 is 6.69. The quantitative estimate of drug-likeness (QED) is 0.213. The van der Waals surface area contributed by atoms with Crippen molar-refractivity contribution < 1.29 is 9.47 Å². The molecule has 0 bridgehead atoms. The van der Waals surface area contributed by atoms with E-state index in [9.17, 15) is 0 Å². The number of rotatable bonds is 4. The van der Waals surface area contributed by atoms with Crippen LogP contribution in [0, 0.1) is 0 Å². The van der Waals surface area contributed by atoms with Crippen molar-refractivity contribution in [2.24, 2.45) is 0 Å². The molecular weight excluding hydrogens is 500 g/mol. The molecule has 0 aromatic heterocycles. The van der Waals surface area contributed by atoms with Gasteiger partial charge in [0.05, 0.1) is 14.2 Å². The van der Waals surface area contributed by atoms with Crippen molar-refractivity contribution >= 4 is 54.7 Å². The number of benzene rings is 7. The molecule has 0 aliphatic carbocycles. The minimum atomic E-state index is 0.721. The number of methoxy groups -OCH3 is 2. The second-order valence-corrected chi connectivity index (χ2v) is 10.2. The first-order valence-electron chi connectivity index (χ1n) is 12.9. The van der Waals surface area contributed by atoms with Gasteiger partial charge in [-0.1, -0.05) is 90.5 Å². The molecule has 0 N–H and O–H groups in total. The second-order valence-electron chi connectivity index (χ2n) is 9.74. The van der Waals surface area contributed by atoms with Crippen LogP contribution in [0.15, 0.2) is 115 Å². The third-order valence-electron chi connectivity index (χ3n) is 7.71. The van der Waals surface area contributed by atoms with Gasteiger partial charge >= 0.3 is 0 Å². The summed E-state index contributed by atoms with van der Waals surface area (Å²) in [5, 5.41) is 10.4. The lowest BCUT2D eigenvalue weighted by molar-refractivity contribution is 0.414. The molecule has 3 heteroatoms. The first-order valence-corrected chi connectivity index (χ1v) is 13.3. The number of halogens is 1. The van der Waals surface area contributed by atoms with E-state index >= 15 is 0 Å². The van der Waals surface area contributed by atoms with Crippen LogP contribution in [-0.4, -0.2) is 14.2 Å². The van der Waals surface area contributed by atoms with Crippen LogP contribution >= 0.6 is 11.6 Å². The van der Waals surface area contributed by atoms with Gasteiger partial charge in [-0.25, -0.2) is 0 Å². The van der Waals surface area contributed by atoms with E-state index < -0.39 is 0 Å². The summed E-state index contributed by atoms with van der Waals surface area (Å²) in [6.45, 7) is 0. The fourth-order valence-electron chi connectivity index (χ4n) is 5.99. The van der Waals surface area contributed by atoms with E-state index in [0.717, 1.165) is 38.4 Å². The fourth-order valence-corrected chi connectivity index (χ4v) is 6.16. The van der Waals surface area contributed by atoms with Crippen LogP contribution in [0.4, 0.5) is 0 Å². The summed E-state index contributed by atoms with van der Waals surface area (Å²) < 4.78 is 11.0. The van der Waals surface area contributed by atoms with E-state index in [2.05, 4.69) is 84.9 Å². The van der Waals surface area contributed by atoms with E-state index in [4.69, 9.17) is 21.1 Å². The molecule has 0 saturated carbocycles.